The van der Waals surface area contributed by atoms with Crippen LogP contribution in [0.5, 0.6) is 0 Å². The molecule has 122 valence electrons. The van der Waals surface area contributed by atoms with E-state index in [1.807, 2.05) is 63.7 Å². The molecule has 1 N–H and O–H groups in total. The van der Waals surface area contributed by atoms with Crippen LogP contribution < -0.4 is 5.46 Å². The molecule has 1 aliphatic rings. The molecular formula is C17H22BNO4. The summed E-state index contributed by atoms with van der Waals surface area (Å²) >= 11 is 0. The molecule has 2 heterocycles. The Morgan fingerprint density at radius 3 is 2.39 bits per heavy atom. The predicted octanol–water partition coefficient (Wildman–Crippen LogP) is 2.10. The summed E-state index contributed by atoms with van der Waals surface area (Å²) in [6.07, 6.45) is 1.94. The summed E-state index contributed by atoms with van der Waals surface area (Å²) in [5.74, 6) is -0.849. The zero-order chi connectivity index (χ0) is 17.0. The first-order valence-corrected chi connectivity index (χ1v) is 7.76. The number of rotatable bonds is 3. The van der Waals surface area contributed by atoms with Crippen molar-refractivity contribution in [3.8, 4) is 0 Å². The molecule has 0 atom stereocenters. The van der Waals surface area contributed by atoms with Gasteiger partial charge in [0.25, 0.3) is 0 Å². The normalized spacial score (nSPS) is 19.4. The van der Waals surface area contributed by atoms with E-state index in [9.17, 15) is 4.79 Å². The highest BCUT2D eigenvalue weighted by Gasteiger charge is 2.52. The number of aryl methyl sites for hydroxylation is 1. The maximum absolute atomic E-state index is 11.1. The summed E-state index contributed by atoms with van der Waals surface area (Å²) < 4.78 is 14.3. The van der Waals surface area contributed by atoms with E-state index in [2.05, 4.69) is 0 Å². The molecule has 0 unspecified atom stereocenters. The monoisotopic (exact) mass is 315 g/mol. The average Bonchev–Trinajstić information content (AvgIpc) is 2.87. The van der Waals surface area contributed by atoms with Crippen LogP contribution in [0, 0.1) is 0 Å². The summed E-state index contributed by atoms with van der Waals surface area (Å²) in [5.41, 5.74) is 1.76. The number of aromatic nitrogens is 1. The van der Waals surface area contributed by atoms with Crippen LogP contribution in [0.3, 0.4) is 0 Å². The van der Waals surface area contributed by atoms with E-state index in [1.165, 1.54) is 0 Å². The maximum Gasteiger partial charge on any atom is 0.495 e. The highest BCUT2D eigenvalue weighted by Crippen LogP contribution is 2.37. The first-order valence-electron chi connectivity index (χ1n) is 7.76. The van der Waals surface area contributed by atoms with Gasteiger partial charge < -0.3 is 19.0 Å². The molecule has 3 rings (SSSR count). The molecule has 0 bridgehead atoms. The van der Waals surface area contributed by atoms with Gasteiger partial charge in [0, 0.05) is 18.8 Å². The number of carboxylic acids is 1. The molecule has 1 aliphatic heterocycles. The van der Waals surface area contributed by atoms with Gasteiger partial charge in [-0.2, -0.15) is 0 Å². The third-order valence-electron chi connectivity index (χ3n) is 4.96. The van der Waals surface area contributed by atoms with Crippen LogP contribution in [-0.4, -0.2) is 34.0 Å². The molecule has 6 heteroatoms. The Labute approximate surface area is 136 Å². The molecule has 0 radical (unpaired) electrons. The summed E-state index contributed by atoms with van der Waals surface area (Å²) in [4.78, 5) is 11.1. The van der Waals surface area contributed by atoms with Crippen LogP contribution in [0.25, 0.3) is 10.9 Å². The molecule has 5 nitrogen and oxygen atoms in total. The van der Waals surface area contributed by atoms with Gasteiger partial charge in [-0.15, -0.1) is 0 Å². The second kappa shape index (κ2) is 5.11. The van der Waals surface area contributed by atoms with Gasteiger partial charge in [-0.25, -0.2) is 0 Å². The van der Waals surface area contributed by atoms with Crippen molar-refractivity contribution in [1.82, 2.24) is 4.57 Å². The van der Waals surface area contributed by atoms with Crippen LogP contribution >= 0.6 is 0 Å². The molecule has 2 aromatic rings. The quantitative estimate of drug-likeness (QED) is 0.881. The van der Waals surface area contributed by atoms with E-state index < -0.39 is 24.3 Å². The smallest absolute Gasteiger partial charge is 0.481 e. The predicted molar refractivity (Wildman–Crippen MR) is 90.0 cm³/mol. The van der Waals surface area contributed by atoms with Crippen molar-refractivity contribution in [3.05, 3.63) is 30.0 Å². The first-order chi connectivity index (χ1) is 10.6. The Hall–Kier alpha value is -1.79. The number of hydrogen-bond donors (Lipinski definition) is 1. The van der Waals surface area contributed by atoms with E-state index in [4.69, 9.17) is 14.4 Å². The summed E-state index contributed by atoms with van der Waals surface area (Å²) in [5, 5.41) is 10.1. The topological polar surface area (TPSA) is 60.7 Å². The fourth-order valence-electron chi connectivity index (χ4n) is 2.90. The van der Waals surface area contributed by atoms with Gasteiger partial charge in [0.05, 0.1) is 17.6 Å². The molecule has 1 fully saturated rings. The minimum absolute atomic E-state index is 0.0202. The fourth-order valence-corrected chi connectivity index (χ4v) is 2.90. The molecule has 23 heavy (non-hydrogen) atoms. The molecular weight excluding hydrogens is 293 g/mol. The number of nitrogens with zero attached hydrogens (tertiary/aromatic N) is 1. The molecule has 0 spiro atoms. The standard InChI is InChI=1S/C17H22BNO4/c1-16(2)17(3,4)23-18(22-16)13-8-11(10-15(20)21)9-14-12(13)6-7-19(14)5/h6-9H,10H2,1-5H3,(H,20,21). The van der Waals surface area contributed by atoms with Crippen molar-refractivity contribution in [2.24, 2.45) is 7.05 Å². The van der Waals surface area contributed by atoms with Gasteiger partial charge in [-0.05, 0) is 56.2 Å². The van der Waals surface area contributed by atoms with Crippen LogP contribution in [0.2, 0.25) is 0 Å². The number of fused-ring (bicyclic) bond motifs is 1. The molecule has 0 saturated carbocycles. The number of carboxylic acid groups (broad SMARTS) is 1. The lowest BCUT2D eigenvalue weighted by atomic mass is 9.76. The van der Waals surface area contributed by atoms with Crippen molar-refractivity contribution in [3.63, 3.8) is 0 Å². The van der Waals surface area contributed by atoms with E-state index in [1.54, 1.807) is 0 Å². The Bertz CT molecular complexity index is 762. The second-order valence-electron chi connectivity index (χ2n) is 7.20. The lowest BCUT2D eigenvalue weighted by Crippen LogP contribution is -2.41. The Kier molecular flexibility index (Phi) is 3.57. The fraction of sp³-hybridized carbons (Fsp3) is 0.471. The van der Waals surface area contributed by atoms with Crippen LogP contribution in [0.15, 0.2) is 24.4 Å². The zero-order valence-corrected chi connectivity index (χ0v) is 14.2. The molecule has 0 amide bonds. The van der Waals surface area contributed by atoms with Gasteiger partial charge in [0.1, 0.15) is 0 Å². The van der Waals surface area contributed by atoms with Gasteiger partial charge >= 0.3 is 13.1 Å². The maximum atomic E-state index is 11.1. The number of aliphatic carboxylic acids is 1. The van der Waals surface area contributed by atoms with Gasteiger partial charge in [0.15, 0.2) is 0 Å². The number of hydrogen-bond acceptors (Lipinski definition) is 3. The van der Waals surface area contributed by atoms with E-state index in [-0.39, 0.29) is 6.42 Å². The molecule has 1 saturated heterocycles. The van der Waals surface area contributed by atoms with Gasteiger partial charge in [-0.1, -0.05) is 6.07 Å². The molecule has 1 aromatic heterocycles. The Morgan fingerprint density at radius 2 is 1.83 bits per heavy atom. The van der Waals surface area contributed by atoms with E-state index in [0.29, 0.717) is 0 Å². The third kappa shape index (κ3) is 2.66. The zero-order valence-electron chi connectivity index (χ0n) is 14.2. The van der Waals surface area contributed by atoms with Crippen molar-refractivity contribution in [1.29, 1.82) is 0 Å². The van der Waals surface area contributed by atoms with Crippen molar-refractivity contribution in [2.75, 3.05) is 0 Å². The van der Waals surface area contributed by atoms with Crippen LogP contribution in [-0.2, 0) is 27.6 Å². The van der Waals surface area contributed by atoms with Crippen LogP contribution in [0.1, 0.15) is 33.3 Å². The third-order valence-corrected chi connectivity index (χ3v) is 4.96. The largest absolute Gasteiger partial charge is 0.495 e. The SMILES string of the molecule is Cn1ccc2c(B3OC(C)(C)C(C)(C)O3)cc(CC(=O)O)cc21. The Balaban J connectivity index is 2.11. The first kappa shape index (κ1) is 16.1. The number of carbonyl (C=O) groups is 1. The van der Waals surface area contributed by atoms with Crippen LogP contribution in [0.4, 0.5) is 0 Å². The summed E-state index contributed by atoms with van der Waals surface area (Å²) in [7, 11) is 1.44. The van der Waals surface area contributed by atoms with E-state index >= 15 is 0 Å². The highest BCUT2D eigenvalue weighted by molar-refractivity contribution is 6.65. The highest BCUT2D eigenvalue weighted by atomic mass is 16.7. The van der Waals surface area contributed by atoms with Crippen molar-refractivity contribution in [2.45, 2.75) is 45.3 Å². The van der Waals surface area contributed by atoms with Crippen molar-refractivity contribution >= 4 is 29.5 Å². The summed E-state index contributed by atoms with van der Waals surface area (Å²) in [6, 6.07) is 5.82. The minimum Gasteiger partial charge on any atom is -0.481 e. The average molecular weight is 315 g/mol. The lowest BCUT2D eigenvalue weighted by Gasteiger charge is -2.32. The second-order valence-corrected chi connectivity index (χ2v) is 7.20. The van der Waals surface area contributed by atoms with Gasteiger partial charge in [0.2, 0.25) is 0 Å². The minimum atomic E-state index is -0.849. The van der Waals surface area contributed by atoms with E-state index in [0.717, 1.165) is 21.9 Å². The number of benzene rings is 1. The summed E-state index contributed by atoms with van der Waals surface area (Å²) in [6.45, 7) is 8.04. The lowest BCUT2D eigenvalue weighted by molar-refractivity contribution is -0.136. The molecule has 0 aliphatic carbocycles. The Morgan fingerprint density at radius 1 is 1.22 bits per heavy atom. The van der Waals surface area contributed by atoms with Gasteiger partial charge in [-0.3, -0.25) is 4.79 Å². The molecule has 1 aromatic carbocycles. The van der Waals surface area contributed by atoms with Crippen molar-refractivity contribution < 1.29 is 19.2 Å².